The Bertz CT molecular complexity index is 271. The monoisotopic (exact) mass is 261 g/mol. The van der Waals surface area contributed by atoms with Crippen molar-refractivity contribution >= 4 is 11.9 Å². The summed E-state index contributed by atoms with van der Waals surface area (Å²) in [4.78, 5) is 22.7. The van der Waals surface area contributed by atoms with E-state index in [9.17, 15) is 9.59 Å². The van der Waals surface area contributed by atoms with Crippen molar-refractivity contribution in [3.05, 3.63) is 0 Å². The summed E-state index contributed by atoms with van der Waals surface area (Å²) in [5, 5.41) is 14.0. The van der Waals surface area contributed by atoms with Crippen LogP contribution in [0.2, 0.25) is 0 Å². The van der Waals surface area contributed by atoms with Crippen molar-refractivity contribution in [3.63, 3.8) is 0 Å². The number of aliphatic hydroxyl groups is 1. The van der Waals surface area contributed by atoms with Gasteiger partial charge in [-0.3, -0.25) is 4.79 Å². The molecule has 7 heteroatoms. The minimum atomic E-state index is -0.747. The van der Waals surface area contributed by atoms with E-state index in [0.717, 1.165) is 0 Å². The summed E-state index contributed by atoms with van der Waals surface area (Å²) in [7, 11) is 1.47. The van der Waals surface area contributed by atoms with Crippen LogP contribution in [-0.2, 0) is 9.53 Å². The van der Waals surface area contributed by atoms with Gasteiger partial charge in [0, 0.05) is 7.11 Å². The van der Waals surface area contributed by atoms with Crippen LogP contribution in [0.1, 0.15) is 20.3 Å². The second kappa shape index (κ2) is 8.71. The van der Waals surface area contributed by atoms with Crippen LogP contribution in [0.5, 0.6) is 0 Å². The smallest absolute Gasteiger partial charge is 0.312 e. The molecule has 2 unspecified atom stereocenters. The van der Waals surface area contributed by atoms with Gasteiger partial charge in [0.25, 0.3) is 0 Å². The van der Waals surface area contributed by atoms with Gasteiger partial charge in [-0.2, -0.15) is 0 Å². The molecule has 0 spiro atoms. The normalized spacial score (nSPS) is 14.1. The summed E-state index contributed by atoms with van der Waals surface area (Å²) in [6.07, 6.45) is 0.472. The molecular weight excluding hydrogens is 238 g/mol. The van der Waals surface area contributed by atoms with Crippen molar-refractivity contribution in [3.8, 4) is 0 Å². The maximum Gasteiger partial charge on any atom is 0.312 e. The number of aliphatic hydroxyl groups excluding tert-OH is 1. The highest BCUT2D eigenvalue weighted by Gasteiger charge is 2.23. The van der Waals surface area contributed by atoms with Crippen LogP contribution in [-0.4, -0.2) is 49.5 Å². The lowest BCUT2D eigenvalue weighted by Gasteiger charge is -2.22. The lowest BCUT2D eigenvalue weighted by molar-refractivity contribution is -0.124. The number of amides is 3. The van der Waals surface area contributed by atoms with Gasteiger partial charge < -0.3 is 26.2 Å². The highest BCUT2D eigenvalue weighted by Crippen LogP contribution is 2.05. The third-order valence-corrected chi connectivity index (χ3v) is 2.27. The highest BCUT2D eigenvalue weighted by molar-refractivity contribution is 5.86. The minimum absolute atomic E-state index is 0.202. The molecule has 7 nitrogen and oxygen atoms in total. The summed E-state index contributed by atoms with van der Waals surface area (Å²) in [5.74, 6) is -0.152. The van der Waals surface area contributed by atoms with Crippen molar-refractivity contribution < 1.29 is 19.4 Å². The first-order chi connectivity index (χ1) is 8.40. The van der Waals surface area contributed by atoms with Gasteiger partial charge in [-0.15, -0.1) is 0 Å². The average Bonchev–Trinajstić information content (AvgIpc) is 2.26. The fraction of sp³-hybridized carbons (Fsp3) is 0.818. The summed E-state index contributed by atoms with van der Waals surface area (Å²) in [6, 6.07) is -1.94. The topological polar surface area (TPSA) is 114 Å². The first-order valence-electron chi connectivity index (χ1n) is 5.86. The number of methoxy groups -OCH3 is 1. The van der Waals surface area contributed by atoms with Crippen LogP contribution in [0, 0.1) is 5.92 Å². The fourth-order valence-corrected chi connectivity index (χ4v) is 1.52. The average molecular weight is 261 g/mol. The van der Waals surface area contributed by atoms with Gasteiger partial charge in [-0.05, 0) is 12.3 Å². The van der Waals surface area contributed by atoms with E-state index in [4.69, 9.17) is 15.6 Å². The molecule has 0 aromatic heterocycles. The fourth-order valence-electron chi connectivity index (χ4n) is 1.52. The first kappa shape index (κ1) is 16.7. The summed E-state index contributed by atoms with van der Waals surface area (Å²) in [5.41, 5.74) is 5.02. The molecule has 0 bridgehead atoms. The largest absolute Gasteiger partial charge is 0.394 e. The third kappa shape index (κ3) is 7.08. The Labute approximate surface area is 107 Å². The number of hydrogen-bond acceptors (Lipinski definition) is 4. The van der Waals surface area contributed by atoms with E-state index in [2.05, 4.69) is 10.6 Å². The summed E-state index contributed by atoms with van der Waals surface area (Å²) in [6.45, 7) is 3.83. The molecule has 0 aliphatic rings. The Hall–Kier alpha value is -1.34. The third-order valence-electron chi connectivity index (χ3n) is 2.27. The van der Waals surface area contributed by atoms with Gasteiger partial charge >= 0.3 is 6.03 Å². The number of nitrogens with two attached hydrogens (primary N) is 1. The molecule has 0 saturated carbocycles. The summed E-state index contributed by atoms with van der Waals surface area (Å²) < 4.78 is 4.85. The number of urea groups is 1. The summed E-state index contributed by atoms with van der Waals surface area (Å²) >= 11 is 0. The number of primary amides is 1. The maximum atomic E-state index is 11.9. The van der Waals surface area contributed by atoms with Crippen molar-refractivity contribution in [1.29, 1.82) is 0 Å². The molecule has 18 heavy (non-hydrogen) atoms. The van der Waals surface area contributed by atoms with Crippen molar-refractivity contribution in [2.75, 3.05) is 20.3 Å². The van der Waals surface area contributed by atoms with Crippen LogP contribution < -0.4 is 16.4 Å². The Balaban J connectivity index is 4.47. The quantitative estimate of drug-likeness (QED) is 0.457. The van der Waals surface area contributed by atoms with Crippen LogP contribution in [0.3, 0.4) is 0 Å². The minimum Gasteiger partial charge on any atom is -0.394 e. The molecule has 0 aromatic rings. The van der Waals surface area contributed by atoms with E-state index in [1.54, 1.807) is 0 Å². The molecular formula is C11H23N3O4. The first-order valence-corrected chi connectivity index (χ1v) is 5.86. The molecule has 3 amide bonds. The van der Waals surface area contributed by atoms with Gasteiger partial charge in [-0.25, -0.2) is 4.79 Å². The molecule has 0 aromatic carbocycles. The second-order valence-corrected chi connectivity index (χ2v) is 4.53. The zero-order valence-corrected chi connectivity index (χ0v) is 11.1. The Kier molecular flexibility index (Phi) is 8.06. The molecule has 0 aliphatic carbocycles. The number of carbonyl (C=O) groups is 2. The molecule has 0 radical (unpaired) electrons. The molecule has 0 rings (SSSR count). The van der Waals surface area contributed by atoms with E-state index < -0.39 is 18.1 Å². The van der Waals surface area contributed by atoms with Gasteiger partial charge in [0.1, 0.15) is 6.04 Å². The highest BCUT2D eigenvalue weighted by atomic mass is 16.5. The Morgan fingerprint density at radius 2 is 1.94 bits per heavy atom. The predicted octanol–water partition coefficient (Wildman–Crippen LogP) is -0.807. The lowest BCUT2D eigenvalue weighted by Crippen LogP contribution is -2.53. The van der Waals surface area contributed by atoms with Crippen LogP contribution in [0.25, 0.3) is 0 Å². The number of hydrogen-bond donors (Lipinski definition) is 4. The van der Waals surface area contributed by atoms with Crippen LogP contribution >= 0.6 is 0 Å². The van der Waals surface area contributed by atoms with Gasteiger partial charge in [0.2, 0.25) is 5.91 Å². The van der Waals surface area contributed by atoms with E-state index in [1.807, 2.05) is 13.8 Å². The number of carbonyl (C=O) groups excluding carboxylic acids is 2. The Morgan fingerprint density at radius 3 is 2.33 bits per heavy atom. The second-order valence-electron chi connectivity index (χ2n) is 4.53. The van der Waals surface area contributed by atoms with Gasteiger partial charge in [0.15, 0.2) is 0 Å². The molecule has 0 fully saturated rings. The van der Waals surface area contributed by atoms with E-state index >= 15 is 0 Å². The molecule has 0 heterocycles. The number of rotatable bonds is 8. The molecule has 0 aliphatic heterocycles. The maximum absolute atomic E-state index is 11.9. The predicted molar refractivity (Wildman–Crippen MR) is 66.9 cm³/mol. The van der Waals surface area contributed by atoms with E-state index in [0.29, 0.717) is 6.42 Å². The SMILES string of the molecule is COCC(CO)NC(=O)C(CC(C)C)NC(N)=O. The lowest BCUT2D eigenvalue weighted by atomic mass is 10.0. The van der Waals surface area contributed by atoms with Crippen molar-refractivity contribution in [2.45, 2.75) is 32.4 Å². The van der Waals surface area contributed by atoms with E-state index in [1.165, 1.54) is 7.11 Å². The van der Waals surface area contributed by atoms with Gasteiger partial charge in [0.05, 0.1) is 19.3 Å². The number of nitrogens with one attached hydrogen (secondary N) is 2. The molecule has 5 N–H and O–H groups in total. The number of ether oxygens (including phenoxy) is 1. The van der Waals surface area contributed by atoms with E-state index in [-0.39, 0.29) is 25.0 Å². The zero-order valence-electron chi connectivity index (χ0n) is 11.1. The Morgan fingerprint density at radius 1 is 1.33 bits per heavy atom. The van der Waals surface area contributed by atoms with Crippen molar-refractivity contribution in [1.82, 2.24) is 10.6 Å². The molecule has 2 atom stereocenters. The standard InChI is InChI=1S/C11H23N3O4/c1-7(2)4-9(14-11(12)17)10(16)13-8(5-15)6-18-3/h7-9,15H,4-6H2,1-3H3,(H,13,16)(H3,12,14,17). The molecule has 106 valence electrons. The van der Waals surface area contributed by atoms with Crippen molar-refractivity contribution in [2.24, 2.45) is 11.7 Å². The van der Waals surface area contributed by atoms with Gasteiger partial charge in [-0.1, -0.05) is 13.8 Å². The zero-order chi connectivity index (χ0) is 14.1. The molecule has 0 saturated heterocycles. The van der Waals surface area contributed by atoms with Crippen LogP contribution in [0.4, 0.5) is 4.79 Å². The van der Waals surface area contributed by atoms with Crippen LogP contribution in [0.15, 0.2) is 0 Å².